The van der Waals surface area contributed by atoms with Crippen LogP contribution >= 0.6 is 0 Å². The summed E-state index contributed by atoms with van der Waals surface area (Å²) in [4.78, 5) is 0. The van der Waals surface area contributed by atoms with Crippen LogP contribution in [0.4, 0.5) is 0 Å². The Labute approximate surface area is 83.9 Å². The third kappa shape index (κ3) is 1.66. The van der Waals surface area contributed by atoms with Gasteiger partial charge in [-0.05, 0) is 50.2 Å². The molecule has 1 heterocycles. The van der Waals surface area contributed by atoms with Crippen molar-refractivity contribution in [1.82, 2.24) is 5.32 Å². The van der Waals surface area contributed by atoms with E-state index in [0.717, 1.165) is 18.5 Å². The van der Waals surface area contributed by atoms with E-state index in [0.29, 0.717) is 0 Å². The Kier molecular flexibility index (Phi) is 2.55. The fourth-order valence-electron chi connectivity index (χ4n) is 1.63. The summed E-state index contributed by atoms with van der Waals surface area (Å²) in [6, 6.07) is 6.39. The van der Waals surface area contributed by atoms with Gasteiger partial charge in [0, 0.05) is 5.39 Å². The molecule has 1 N–H and O–H groups in total. The number of fused-ring (bicyclic) bond motifs is 1. The van der Waals surface area contributed by atoms with Gasteiger partial charge in [0.05, 0.1) is 6.26 Å². The van der Waals surface area contributed by atoms with Crippen LogP contribution in [0, 0.1) is 6.92 Å². The maximum Gasteiger partial charge on any atom is 0.134 e. The third-order valence-electron chi connectivity index (χ3n) is 2.50. The SMILES string of the molecule is CNCCc1ccc2occ(C)c2c1. The van der Waals surface area contributed by atoms with E-state index in [4.69, 9.17) is 4.42 Å². The van der Waals surface area contributed by atoms with Crippen LogP contribution in [0.1, 0.15) is 11.1 Å². The van der Waals surface area contributed by atoms with Gasteiger partial charge in [-0.25, -0.2) is 0 Å². The molecule has 0 atom stereocenters. The van der Waals surface area contributed by atoms with Crippen LogP contribution in [0.15, 0.2) is 28.9 Å². The standard InChI is InChI=1S/C12H15NO/c1-9-8-14-12-4-3-10(5-6-13-2)7-11(9)12/h3-4,7-8,13H,5-6H2,1-2H3. The van der Waals surface area contributed by atoms with E-state index in [9.17, 15) is 0 Å². The van der Waals surface area contributed by atoms with Crippen LogP contribution < -0.4 is 5.32 Å². The minimum Gasteiger partial charge on any atom is -0.464 e. The normalized spacial score (nSPS) is 11.0. The lowest BCUT2D eigenvalue weighted by Crippen LogP contribution is -2.10. The molecule has 0 aliphatic carbocycles. The smallest absolute Gasteiger partial charge is 0.134 e. The van der Waals surface area contributed by atoms with E-state index in [1.807, 2.05) is 19.4 Å². The van der Waals surface area contributed by atoms with E-state index in [2.05, 4.69) is 24.4 Å². The van der Waals surface area contributed by atoms with E-state index >= 15 is 0 Å². The molecule has 0 amide bonds. The first-order valence-electron chi connectivity index (χ1n) is 4.92. The van der Waals surface area contributed by atoms with Crippen molar-refractivity contribution < 1.29 is 4.42 Å². The maximum atomic E-state index is 5.39. The molecule has 1 aromatic heterocycles. The Morgan fingerprint density at radius 3 is 3.00 bits per heavy atom. The molecular weight excluding hydrogens is 174 g/mol. The molecular formula is C12H15NO. The van der Waals surface area contributed by atoms with Gasteiger partial charge >= 0.3 is 0 Å². The fourth-order valence-corrected chi connectivity index (χ4v) is 1.63. The molecule has 0 aliphatic rings. The molecule has 2 rings (SSSR count). The second-order valence-electron chi connectivity index (χ2n) is 3.60. The van der Waals surface area contributed by atoms with Gasteiger partial charge in [-0.2, -0.15) is 0 Å². The Hall–Kier alpha value is -1.28. The lowest BCUT2D eigenvalue weighted by molar-refractivity contribution is 0.613. The maximum absolute atomic E-state index is 5.39. The molecule has 0 radical (unpaired) electrons. The van der Waals surface area contributed by atoms with Crippen molar-refractivity contribution in [3.63, 3.8) is 0 Å². The van der Waals surface area contributed by atoms with Crippen LogP contribution in [-0.2, 0) is 6.42 Å². The Balaban J connectivity index is 2.34. The van der Waals surface area contributed by atoms with Crippen molar-refractivity contribution in [1.29, 1.82) is 0 Å². The minimum atomic E-state index is 0.982. The van der Waals surface area contributed by atoms with Crippen LogP contribution in [0.2, 0.25) is 0 Å². The summed E-state index contributed by atoms with van der Waals surface area (Å²) in [6.07, 6.45) is 2.88. The van der Waals surface area contributed by atoms with Crippen molar-refractivity contribution in [3.05, 3.63) is 35.6 Å². The number of rotatable bonds is 3. The highest BCUT2D eigenvalue weighted by Crippen LogP contribution is 2.21. The van der Waals surface area contributed by atoms with Crippen LogP contribution in [0.25, 0.3) is 11.0 Å². The highest BCUT2D eigenvalue weighted by molar-refractivity contribution is 5.81. The van der Waals surface area contributed by atoms with Crippen LogP contribution in [0.3, 0.4) is 0 Å². The summed E-state index contributed by atoms with van der Waals surface area (Å²) in [6.45, 7) is 3.09. The molecule has 0 fully saturated rings. The monoisotopic (exact) mass is 189 g/mol. The second kappa shape index (κ2) is 3.84. The Bertz CT molecular complexity index is 431. The first-order valence-corrected chi connectivity index (χ1v) is 4.92. The molecule has 14 heavy (non-hydrogen) atoms. The fraction of sp³-hybridized carbons (Fsp3) is 0.333. The zero-order valence-electron chi connectivity index (χ0n) is 8.63. The molecule has 0 unspecified atom stereocenters. The van der Waals surface area contributed by atoms with Crippen molar-refractivity contribution in [2.45, 2.75) is 13.3 Å². The number of nitrogens with one attached hydrogen (secondary N) is 1. The summed E-state index contributed by atoms with van der Waals surface area (Å²) in [7, 11) is 1.97. The van der Waals surface area contributed by atoms with Crippen molar-refractivity contribution >= 4 is 11.0 Å². The second-order valence-corrected chi connectivity index (χ2v) is 3.60. The number of aryl methyl sites for hydroxylation is 1. The van der Waals surface area contributed by atoms with E-state index < -0.39 is 0 Å². The minimum absolute atomic E-state index is 0.982. The molecule has 0 saturated heterocycles. The Morgan fingerprint density at radius 2 is 2.21 bits per heavy atom. The van der Waals surface area contributed by atoms with Gasteiger partial charge < -0.3 is 9.73 Å². The van der Waals surface area contributed by atoms with E-state index in [1.165, 1.54) is 16.5 Å². The average Bonchev–Trinajstić information content (AvgIpc) is 2.57. The molecule has 74 valence electrons. The molecule has 2 aromatic rings. The third-order valence-corrected chi connectivity index (χ3v) is 2.50. The average molecular weight is 189 g/mol. The highest BCUT2D eigenvalue weighted by atomic mass is 16.3. The number of furan rings is 1. The molecule has 0 bridgehead atoms. The predicted molar refractivity (Wildman–Crippen MR) is 58.6 cm³/mol. The largest absolute Gasteiger partial charge is 0.464 e. The molecule has 0 spiro atoms. The van der Waals surface area contributed by atoms with Gasteiger partial charge in [0.15, 0.2) is 0 Å². The first-order chi connectivity index (χ1) is 6.81. The Morgan fingerprint density at radius 1 is 1.36 bits per heavy atom. The molecule has 2 heteroatoms. The van der Waals surface area contributed by atoms with Gasteiger partial charge in [0.1, 0.15) is 5.58 Å². The summed E-state index contributed by atoms with van der Waals surface area (Å²) in [5.41, 5.74) is 3.55. The quantitative estimate of drug-likeness (QED) is 0.802. The highest BCUT2D eigenvalue weighted by Gasteiger charge is 2.02. The lowest BCUT2D eigenvalue weighted by Gasteiger charge is -2.00. The number of hydrogen-bond acceptors (Lipinski definition) is 2. The van der Waals surface area contributed by atoms with Gasteiger partial charge in [0.25, 0.3) is 0 Å². The topological polar surface area (TPSA) is 25.2 Å². The number of benzene rings is 1. The summed E-state index contributed by atoms with van der Waals surface area (Å²) >= 11 is 0. The van der Waals surface area contributed by atoms with Gasteiger partial charge in [-0.15, -0.1) is 0 Å². The van der Waals surface area contributed by atoms with Gasteiger partial charge in [-0.1, -0.05) is 6.07 Å². The van der Waals surface area contributed by atoms with Crippen LogP contribution in [-0.4, -0.2) is 13.6 Å². The van der Waals surface area contributed by atoms with E-state index in [1.54, 1.807) is 0 Å². The zero-order chi connectivity index (χ0) is 9.97. The molecule has 1 aromatic carbocycles. The molecule has 0 saturated carbocycles. The van der Waals surface area contributed by atoms with Gasteiger partial charge in [0.2, 0.25) is 0 Å². The first kappa shape index (κ1) is 9.28. The summed E-state index contributed by atoms with van der Waals surface area (Å²) in [5.74, 6) is 0. The van der Waals surface area contributed by atoms with Crippen molar-refractivity contribution in [2.24, 2.45) is 0 Å². The van der Waals surface area contributed by atoms with Crippen LogP contribution in [0.5, 0.6) is 0 Å². The molecule has 0 aliphatic heterocycles. The summed E-state index contributed by atoms with van der Waals surface area (Å²) in [5, 5.41) is 4.38. The van der Waals surface area contributed by atoms with Crippen molar-refractivity contribution in [3.8, 4) is 0 Å². The molecule has 2 nitrogen and oxygen atoms in total. The number of likely N-dealkylation sites (N-methyl/N-ethyl adjacent to an activating group) is 1. The van der Waals surface area contributed by atoms with Gasteiger partial charge in [-0.3, -0.25) is 0 Å². The van der Waals surface area contributed by atoms with Crippen molar-refractivity contribution in [2.75, 3.05) is 13.6 Å². The van der Waals surface area contributed by atoms with E-state index in [-0.39, 0.29) is 0 Å². The predicted octanol–water partition coefficient (Wildman–Crippen LogP) is 2.50. The zero-order valence-corrected chi connectivity index (χ0v) is 8.63. The number of hydrogen-bond donors (Lipinski definition) is 1. The lowest BCUT2D eigenvalue weighted by atomic mass is 10.1. The summed E-state index contributed by atoms with van der Waals surface area (Å²) < 4.78 is 5.39.